The maximum atomic E-state index is 10.5. The molecule has 1 unspecified atom stereocenters. The first-order valence-electron chi connectivity index (χ1n) is 5.96. The van der Waals surface area contributed by atoms with Crippen LogP contribution in [-0.2, 0) is 4.74 Å². The van der Waals surface area contributed by atoms with Crippen LogP contribution in [0.2, 0.25) is 0 Å². The number of aromatic nitrogens is 1. The summed E-state index contributed by atoms with van der Waals surface area (Å²) in [7, 11) is 1.62. The molecule has 1 atom stereocenters. The molecule has 0 radical (unpaired) electrons. The van der Waals surface area contributed by atoms with Crippen molar-refractivity contribution < 1.29 is 9.84 Å². The van der Waals surface area contributed by atoms with E-state index in [9.17, 15) is 5.11 Å². The van der Waals surface area contributed by atoms with Gasteiger partial charge >= 0.3 is 0 Å². The fourth-order valence-corrected chi connectivity index (χ4v) is 2.25. The first-order chi connectivity index (χ1) is 8.02. The number of nitrogen functional groups attached to an aromatic ring is 1. The molecular formula is C13H22N2O2. The second-order valence-electron chi connectivity index (χ2n) is 4.31. The average Bonchev–Trinajstić information content (AvgIpc) is 2.32. The number of hydrogen-bond acceptors (Lipinski definition) is 4. The van der Waals surface area contributed by atoms with Crippen LogP contribution in [-0.4, -0.2) is 22.8 Å². The van der Waals surface area contributed by atoms with E-state index in [1.807, 2.05) is 26.8 Å². The Morgan fingerprint density at radius 1 is 1.47 bits per heavy atom. The molecule has 4 nitrogen and oxygen atoms in total. The van der Waals surface area contributed by atoms with Gasteiger partial charge in [-0.05, 0) is 31.4 Å². The molecule has 0 fully saturated rings. The minimum atomic E-state index is -0.754. The summed E-state index contributed by atoms with van der Waals surface area (Å²) < 4.78 is 5.53. The van der Waals surface area contributed by atoms with Crippen molar-refractivity contribution in [2.45, 2.75) is 45.3 Å². The molecule has 0 aliphatic carbocycles. The second-order valence-corrected chi connectivity index (χ2v) is 4.31. The number of nitrogens with zero attached hydrogens (tertiary/aromatic N) is 1. The smallest absolute Gasteiger partial charge is 0.129 e. The number of pyridine rings is 1. The van der Waals surface area contributed by atoms with Gasteiger partial charge in [-0.3, -0.25) is 0 Å². The zero-order valence-electron chi connectivity index (χ0n) is 11.0. The van der Waals surface area contributed by atoms with Crippen molar-refractivity contribution in [2.24, 2.45) is 0 Å². The van der Waals surface area contributed by atoms with Crippen molar-refractivity contribution in [3.63, 3.8) is 0 Å². The van der Waals surface area contributed by atoms with E-state index in [0.717, 1.165) is 18.4 Å². The quantitative estimate of drug-likeness (QED) is 0.825. The molecule has 17 heavy (non-hydrogen) atoms. The lowest BCUT2D eigenvalue weighted by Gasteiger charge is -2.36. The van der Waals surface area contributed by atoms with E-state index in [-0.39, 0.29) is 0 Å². The molecule has 1 rings (SSSR count). The van der Waals surface area contributed by atoms with E-state index in [1.165, 1.54) is 0 Å². The zero-order chi connectivity index (χ0) is 13.1. The van der Waals surface area contributed by atoms with E-state index in [2.05, 4.69) is 4.98 Å². The lowest BCUT2D eigenvalue weighted by molar-refractivity contribution is -0.109. The molecule has 96 valence electrons. The highest BCUT2D eigenvalue weighted by Crippen LogP contribution is 2.37. The average molecular weight is 238 g/mol. The van der Waals surface area contributed by atoms with Crippen molar-refractivity contribution in [3.8, 4) is 0 Å². The summed E-state index contributed by atoms with van der Waals surface area (Å²) in [5.74, 6) is 0.376. The van der Waals surface area contributed by atoms with Crippen LogP contribution in [0.4, 0.5) is 5.82 Å². The van der Waals surface area contributed by atoms with E-state index >= 15 is 0 Å². The Labute approximate surface area is 103 Å². The molecule has 0 aliphatic rings. The third-order valence-corrected chi connectivity index (χ3v) is 3.61. The van der Waals surface area contributed by atoms with Gasteiger partial charge in [-0.25, -0.2) is 4.98 Å². The lowest BCUT2D eigenvalue weighted by Crippen LogP contribution is -2.38. The maximum Gasteiger partial charge on any atom is 0.129 e. The van der Waals surface area contributed by atoms with Crippen LogP contribution in [0.25, 0.3) is 0 Å². The van der Waals surface area contributed by atoms with Crippen LogP contribution in [0.1, 0.15) is 43.9 Å². The monoisotopic (exact) mass is 238 g/mol. The summed E-state index contributed by atoms with van der Waals surface area (Å²) in [5, 5.41) is 10.5. The topological polar surface area (TPSA) is 68.4 Å². The minimum absolute atomic E-state index is 0.376. The molecule has 0 aliphatic heterocycles. The van der Waals surface area contributed by atoms with Gasteiger partial charge in [-0.15, -0.1) is 0 Å². The van der Waals surface area contributed by atoms with E-state index in [0.29, 0.717) is 11.4 Å². The molecule has 0 spiro atoms. The maximum absolute atomic E-state index is 10.5. The molecular weight excluding hydrogens is 216 g/mol. The zero-order valence-corrected chi connectivity index (χ0v) is 11.0. The molecule has 3 N–H and O–H groups in total. The van der Waals surface area contributed by atoms with Crippen molar-refractivity contribution in [3.05, 3.63) is 23.4 Å². The fourth-order valence-electron chi connectivity index (χ4n) is 2.25. The first kappa shape index (κ1) is 13.9. The van der Waals surface area contributed by atoms with Gasteiger partial charge in [-0.2, -0.15) is 0 Å². The normalized spacial score (nSPS) is 13.7. The van der Waals surface area contributed by atoms with E-state index in [1.54, 1.807) is 13.3 Å². The van der Waals surface area contributed by atoms with Crippen LogP contribution in [0.15, 0.2) is 12.3 Å². The van der Waals surface area contributed by atoms with Crippen LogP contribution in [0, 0.1) is 6.92 Å². The Kier molecular flexibility index (Phi) is 4.48. The van der Waals surface area contributed by atoms with Gasteiger partial charge in [0.2, 0.25) is 0 Å². The Balaban J connectivity index is 3.23. The van der Waals surface area contributed by atoms with Gasteiger partial charge in [0.1, 0.15) is 11.9 Å². The molecule has 0 bridgehead atoms. The highest BCUT2D eigenvalue weighted by molar-refractivity contribution is 5.46. The first-order valence-corrected chi connectivity index (χ1v) is 5.96. The molecule has 1 aromatic rings. The predicted molar refractivity (Wildman–Crippen MR) is 68.7 cm³/mol. The van der Waals surface area contributed by atoms with Gasteiger partial charge in [0, 0.05) is 18.9 Å². The number of methoxy groups -OCH3 is 1. The Hall–Kier alpha value is -1.13. The molecule has 1 heterocycles. The molecule has 0 aromatic carbocycles. The number of aliphatic hydroxyl groups excluding tert-OH is 1. The van der Waals surface area contributed by atoms with Crippen molar-refractivity contribution in [1.29, 1.82) is 0 Å². The predicted octanol–water partition coefficient (Wildman–Crippen LogP) is 2.21. The summed E-state index contributed by atoms with van der Waals surface area (Å²) in [4.78, 5) is 4.04. The summed E-state index contributed by atoms with van der Waals surface area (Å²) in [5.41, 5.74) is 6.88. The van der Waals surface area contributed by atoms with Gasteiger partial charge in [0.15, 0.2) is 0 Å². The lowest BCUT2D eigenvalue weighted by atomic mass is 9.84. The van der Waals surface area contributed by atoms with E-state index in [4.69, 9.17) is 10.5 Å². The third-order valence-electron chi connectivity index (χ3n) is 3.61. The van der Waals surface area contributed by atoms with Crippen LogP contribution in [0.3, 0.4) is 0 Å². The molecule has 4 heteroatoms. The largest absolute Gasteiger partial charge is 0.385 e. The number of aryl methyl sites for hydroxylation is 1. The van der Waals surface area contributed by atoms with Crippen LogP contribution in [0.5, 0.6) is 0 Å². The molecule has 0 amide bonds. The van der Waals surface area contributed by atoms with Gasteiger partial charge in [0.25, 0.3) is 0 Å². The van der Waals surface area contributed by atoms with Gasteiger partial charge in [0.05, 0.1) is 5.60 Å². The van der Waals surface area contributed by atoms with Crippen molar-refractivity contribution in [1.82, 2.24) is 4.98 Å². The number of nitrogens with two attached hydrogens (primary N) is 1. The van der Waals surface area contributed by atoms with Crippen molar-refractivity contribution in [2.75, 3.05) is 12.8 Å². The molecule has 1 aromatic heterocycles. The van der Waals surface area contributed by atoms with Gasteiger partial charge in [-0.1, -0.05) is 13.8 Å². The third kappa shape index (κ3) is 2.42. The van der Waals surface area contributed by atoms with Gasteiger partial charge < -0.3 is 15.6 Å². The number of hydrogen-bond donors (Lipinski definition) is 2. The highest BCUT2D eigenvalue weighted by atomic mass is 16.5. The number of anilines is 1. The highest BCUT2D eigenvalue weighted by Gasteiger charge is 2.37. The number of ether oxygens (including phenoxy) is 1. The second kappa shape index (κ2) is 5.47. The minimum Gasteiger partial charge on any atom is -0.385 e. The number of rotatable bonds is 5. The summed E-state index contributed by atoms with van der Waals surface area (Å²) in [6, 6.07) is 1.85. The van der Waals surface area contributed by atoms with Crippen molar-refractivity contribution >= 4 is 5.82 Å². The molecule has 0 saturated heterocycles. The Bertz CT molecular complexity index is 347. The summed E-state index contributed by atoms with van der Waals surface area (Å²) in [6.45, 7) is 5.92. The summed E-state index contributed by atoms with van der Waals surface area (Å²) in [6.07, 6.45) is 2.33. The van der Waals surface area contributed by atoms with E-state index < -0.39 is 11.7 Å². The Morgan fingerprint density at radius 3 is 2.47 bits per heavy atom. The summed E-state index contributed by atoms with van der Waals surface area (Å²) >= 11 is 0. The Morgan fingerprint density at radius 2 is 2.06 bits per heavy atom. The molecule has 0 saturated carbocycles. The fraction of sp³-hybridized carbons (Fsp3) is 0.615. The number of aliphatic hydroxyl groups is 1. The van der Waals surface area contributed by atoms with Crippen LogP contribution < -0.4 is 5.73 Å². The standard InChI is InChI=1S/C13H22N2O2/c1-5-13(6-2,17-4)11(16)10-9(3)7-8-15-12(10)14/h7-8,11,16H,5-6H2,1-4H3,(H2,14,15). The SMILES string of the molecule is CCC(CC)(OC)C(O)c1c(C)ccnc1N. The van der Waals surface area contributed by atoms with Crippen LogP contribution >= 0.6 is 0 Å².